The van der Waals surface area contributed by atoms with Crippen molar-refractivity contribution in [3.8, 4) is 17.1 Å². The van der Waals surface area contributed by atoms with Crippen LogP contribution in [0.25, 0.3) is 11.3 Å². The van der Waals surface area contributed by atoms with E-state index in [1.165, 1.54) is 11.1 Å². The standard InChI is InChI=1S/C18H24N8O4/c19-15-12(9-21-16(20)24-15)13-8-14(23-17(22-13)25-4-6-29-7-5-25)30-11-2-1-3-26(10-11)18(27)28/h8-9,11H,1-7,10H2,(H,27,28)(H4,19,20,21,24). The molecule has 1 atom stereocenters. The first-order valence-electron chi connectivity index (χ1n) is 9.74. The van der Waals surface area contributed by atoms with Gasteiger partial charge < -0.3 is 35.8 Å². The van der Waals surface area contributed by atoms with Crippen molar-refractivity contribution in [2.75, 3.05) is 55.8 Å². The van der Waals surface area contributed by atoms with Gasteiger partial charge in [0.05, 0.1) is 31.0 Å². The van der Waals surface area contributed by atoms with Gasteiger partial charge in [-0.05, 0) is 12.8 Å². The summed E-state index contributed by atoms with van der Waals surface area (Å²) in [5.74, 6) is 1.10. The molecule has 0 radical (unpaired) electrons. The van der Waals surface area contributed by atoms with E-state index >= 15 is 0 Å². The second kappa shape index (κ2) is 8.53. The van der Waals surface area contributed by atoms with Crippen LogP contribution < -0.4 is 21.1 Å². The molecule has 5 N–H and O–H groups in total. The van der Waals surface area contributed by atoms with Crippen LogP contribution in [0.1, 0.15) is 12.8 Å². The zero-order chi connectivity index (χ0) is 21.1. The number of likely N-dealkylation sites (tertiary alicyclic amines) is 1. The molecule has 0 aliphatic carbocycles. The number of hydrogen-bond donors (Lipinski definition) is 3. The van der Waals surface area contributed by atoms with Crippen molar-refractivity contribution in [1.82, 2.24) is 24.8 Å². The number of anilines is 3. The molecule has 160 valence electrons. The fourth-order valence-corrected chi connectivity index (χ4v) is 3.50. The van der Waals surface area contributed by atoms with Crippen molar-refractivity contribution < 1.29 is 19.4 Å². The number of nitrogens with two attached hydrogens (primary N) is 2. The Morgan fingerprint density at radius 1 is 1.20 bits per heavy atom. The van der Waals surface area contributed by atoms with Gasteiger partial charge in [0.15, 0.2) is 0 Å². The van der Waals surface area contributed by atoms with Gasteiger partial charge in [0.2, 0.25) is 17.8 Å². The van der Waals surface area contributed by atoms with Crippen LogP contribution in [0.15, 0.2) is 12.3 Å². The molecular weight excluding hydrogens is 392 g/mol. The zero-order valence-corrected chi connectivity index (χ0v) is 16.4. The van der Waals surface area contributed by atoms with Crippen LogP contribution in [0.4, 0.5) is 22.5 Å². The lowest BCUT2D eigenvalue weighted by Gasteiger charge is -2.31. The molecule has 1 unspecified atom stereocenters. The van der Waals surface area contributed by atoms with E-state index in [0.29, 0.717) is 55.9 Å². The maximum atomic E-state index is 11.3. The summed E-state index contributed by atoms with van der Waals surface area (Å²) in [5, 5.41) is 9.27. The van der Waals surface area contributed by atoms with E-state index in [0.717, 1.165) is 12.8 Å². The maximum absolute atomic E-state index is 11.3. The first-order valence-corrected chi connectivity index (χ1v) is 9.74. The Hall–Kier alpha value is -3.41. The fourth-order valence-electron chi connectivity index (χ4n) is 3.50. The monoisotopic (exact) mass is 416 g/mol. The number of carbonyl (C=O) groups is 1. The Morgan fingerprint density at radius 2 is 2.00 bits per heavy atom. The summed E-state index contributed by atoms with van der Waals surface area (Å²) in [5.41, 5.74) is 12.7. The highest BCUT2D eigenvalue weighted by molar-refractivity contribution is 5.72. The third-order valence-corrected chi connectivity index (χ3v) is 5.03. The molecule has 0 saturated carbocycles. The van der Waals surface area contributed by atoms with Crippen LogP contribution in [0.5, 0.6) is 5.88 Å². The lowest BCUT2D eigenvalue weighted by molar-refractivity contribution is 0.0766. The Labute approximate surface area is 172 Å². The molecule has 2 aliphatic heterocycles. The van der Waals surface area contributed by atoms with E-state index in [1.807, 2.05) is 4.90 Å². The van der Waals surface area contributed by atoms with Crippen molar-refractivity contribution in [2.45, 2.75) is 18.9 Å². The largest absolute Gasteiger partial charge is 0.472 e. The zero-order valence-electron chi connectivity index (χ0n) is 16.4. The second-order valence-electron chi connectivity index (χ2n) is 7.13. The molecule has 4 heterocycles. The van der Waals surface area contributed by atoms with Gasteiger partial charge in [0.1, 0.15) is 11.9 Å². The van der Waals surface area contributed by atoms with Gasteiger partial charge in [0, 0.05) is 31.9 Å². The molecule has 0 spiro atoms. The van der Waals surface area contributed by atoms with E-state index < -0.39 is 6.09 Å². The number of ether oxygens (including phenoxy) is 2. The van der Waals surface area contributed by atoms with Gasteiger partial charge in [-0.15, -0.1) is 0 Å². The number of morpholine rings is 1. The first-order chi connectivity index (χ1) is 14.5. The van der Waals surface area contributed by atoms with Crippen LogP contribution in [0.3, 0.4) is 0 Å². The number of nitrogens with zero attached hydrogens (tertiary/aromatic N) is 6. The quantitative estimate of drug-likeness (QED) is 0.633. The molecular formula is C18H24N8O4. The molecule has 0 bridgehead atoms. The fraction of sp³-hybridized carbons (Fsp3) is 0.500. The average molecular weight is 416 g/mol. The first kappa shape index (κ1) is 19.9. The minimum absolute atomic E-state index is 0.0751. The molecule has 2 aliphatic rings. The van der Waals surface area contributed by atoms with E-state index in [9.17, 15) is 9.90 Å². The lowest BCUT2D eigenvalue weighted by atomic mass is 10.1. The van der Waals surface area contributed by atoms with Crippen molar-refractivity contribution in [3.05, 3.63) is 12.3 Å². The number of piperidine rings is 1. The SMILES string of the molecule is Nc1ncc(-c2cc(OC3CCCN(C(=O)O)C3)nc(N3CCOCC3)n2)c(N)n1. The third kappa shape index (κ3) is 4.43. The molecule has 2 aromatic heterocycles. The molecule has 0 aromatic carbocycles. The summed E-state index contributed by atoms with van der Waals surface area (Å²) in [7, 11) is 0. The number of nitrogen functional groups attached to an aromatic ring is 2. The predicted molar refractivity (Wildman–Crippen MR) is 108 cm³/mol. The molecule has 30 heavy (non-hydrogen) atoms. The van der Waals surface area contributed by atoms with Gasteiger partial charge in [-0.25, -0.2) is 14.8 Å². The molecule has 12 heteroatoms. The Kier molecular flexibility index (Phi) is 5.65. The van der Waals surface area contributed by atoms with Crippen molar-refractivity contribution >= 4 is 23.8 Å². The van der Waals surface area contributed by atoms with Crippen molar-refractivity contribution in [3.63, 3.8) is 0 Å². The number of aromatic nitrogens is 4. The molecule has 2 saturated heterocycles. The summed E-state index contributed by atoms with van der Waals surface area (Å²) in [4.78, 5) is 31.9. The summed E-state index contributed by atoms with van der Waals surface area (Å²) in [6, 6.07) is 1.66. The summed E-state index contributed by atoms with van der Waals surface area (Å²) >= 11 is 0. The Morgan fingerprint density at radius 3 is 2.73 bits per heavy atom. The van der Waals surface area contributed by atoms with Crippen molar-refractivity contribution in [2.24, 2.45) is 0 Å². The number of amides is 1. The minimum Gasteiger partial charge on any atom is -0.472 e. The Balaban J connectivity index is 1.65. The van der Waals surface area contributed by atoms with E-state index in [4.69, 9.17) is 20.9 Å². The predicted octanol–water partition coefficient (Wildman–Crippen LogP) is 0.456. The van der Waals surface area contributed by atoms with Crippen LogP contribution in [0.2, 0.25) is 0 Å². The average Bonchev–Trinajstić information content (AvgIpc) is 2.74. The smallest absolute Gasteiger partial charge is 0.407 e. The molecule has 1 amide bonds. The summed E-state index contributed by atoms with van der Waals surface area (Å²) in [6.45, 7) is 3.23. The molecule has 2 fully saturated rings. The molecule has 2 aromatic rings. The molecule has 4 rings (SSSR count). The van der Waals surface area contributed by atoms with Crippen LogP contribution in [0, 0.1) is 0 Å². The highest BCUT2D eigenvalue weighted by atomic mass is 16.5. The lowest BCUT2D eigenvalue weighted by Crippen LogP contribution is -2.43. The topological polar surface area (TPSA) is 166 Å². The third-order valence-electron chi connectivity index (χ3n) is 5.03. The number of hydrogen-bond acceptors (Lipinski definition) is 10. The molecule has 12 nitrogen and oxygen atoms in total. The van der Waals surface area contributed by atoms with Crippen LogP contribution in [-0.2, 0) is 4.74 Å². The minimum atomic E-state index is -0.951. The van der Waals surface area contributed by atoms with Gasteiger partial charge in [-0.1, -0.05) is 0 Å². The number of rotatable bonds is 4. The van der Waals surface area contributed by atoms with Crippen molar-refractivity contribution in [1.29, 1.82) is 0 Å². The van der Waals surface area contributed by atoms with E-state index in [2.05, 4.69) is 19.9 Å². The van der Waals surface area contributed by atoms with Crippen LogP contribution >= 0.6 is 0 Å². The second-order valence-corrected chi connectivity index (χ2v) is 7.13. The Bertz CT molecular complexity index is 921. The van der Waals surface area contributed by atoms with Crippen LogP contribution in [-0.4, -0.2) is 81.5 Å². The summed E-state index contributed by atoms with van der Waals surface area (Å²) in [6.07, 6.45) is 1.73. The number of carboxylic acid groups (broad SMARTS) is 1. The van der Waals surface area contributed by atoms with Gasteiger partial charge in [-0.2, -0.15) is 9.97 Å². The van der Waals surface area contributed by atoms with E-state index in [1.54, 1.807) is 6.07 Å². The van der Waals surface area contributed by atoms with Gasteiger partial charge in [0.25, 0.3) is 0 Å². The highest BCUT2D eigenvalue weighted by Gasteiger charge is 2.26. The van der Waals surface area contributed by atoms with E-state index in [-0.39, 0.29) is 24.4 Å². The van der Waals surface area contributed by atoms with Gasteiger partial charge in [-0.3, -0.25) is 0 Å². The summed E-state index contributed by atoms with van der Waals surface area (Å²) < 4.78 is 11.5. The normalized spacial score (nSPS) is 19.5. The van der Waals surface area contributed by atoms with Gasteiger partial charge >= 0.3 is 6.09 Å². The highest BCUT2D eigenvalue weighted by Crippen LogP contribution is 2.29. The maximum Gasteiger partial charge on any atom is 0.407 e.